The molecule has 0 aromatic heterocycles. The summed E-state index contributed by atoms with van der Waals surface area (Å²) in [5.41, 5.74) is 4.75. The number of phenolic OH excluding ortho intramolecular Hbond substituents is 1. The fraction of sp³-hybridized carbons (Fsp3) is 0.556. The number of carbonyl (C=O) groups excluding carboxylic acids is 2. The van der Waals surface area contributed by atoms with Crippen molar-refractivity contribution in [1.29, 1.82) is 0 Å². The lowest BCUT2D eigenvalue weighted by Gasteiger charge is -2.32. The Morgan fingerprint density at radius 3 is 2.70 bits per heavy atom. The molecule has 1 aromatic rings. The Morgan fingerprint density at radius 1 is 1.18 bits per heavy atom. The van der Waals surface area contributed by atoms with E-state index in [1.165, 1.54) is 21.6 Å². The van der Waals surface area contributed by atoms with Crippen molar-refractivity contribution in [2.75, 3.05) is 13.7 Å². The third-order valence-electron chi connectivity index (χ3n) is 7.43. The minimum absolute atomic E-state index is 0.00247. The third kappa shape index (κ3) is 4.69. The van der Waals surface area contributed by atoms with Crippen molar-refractivity contribution in [1.82, 2.24) is 4.90 Å². The van der Waals surface area contributed by atoms with Crippen molar-refractivity contribution in [3.63, 3.8) is 0 Å². The second-order valence-electron chi connectivity index (χ2n) is 9.60. The summed E-state index contributed by atoms with van der Waals surface area (Å²) < 4.78 is 7.24. The molecule has 0 saturated carbocycles. The third-order valence-corrected chi connectivity index (χ3v) is 7.92. The number of hydrogen-bond donors (Lipinski definition) is 1. The molecule has 0 unspecified atom stereocenters. The molecule has 1 aliphatic carbocycles. The van der Waals surface area contributed by atoms with Gasteiger partial charge in [-0.05, 0) is 55.9 Å². The molecule has 33 heavy (non-hydrogen) atoms. The van der Waals surface area contributed by atoms with Crippen molar-refractivity contribution < 1.29 is 19.4 Å². The highest BCUT2D eigenvalue weighted by molar-refractivity contribution is 9.10. The molecule has 2 heterocycles. The molecule has 2 aliphatic heterocycles. The zero-order chi connectivity index (χ0) is 23.7. The lowest BCUT2D eigenvalue weighted by atomic mass is 9.68. The van der Waals surface area contributed by atoms with Crippen LogP contribution >= 0.6 is 15.9 Å². The van der Waals surface area contributed by atoms with E-state index in [0.29, 0.717) is 13.0 Å². The van der Waals surface area contributed by atoms with Crippen LogP contribution in [0.3, 0.4) is 0 Å². The minimum atomic E-state index is -0.257. The first-order chi connectivity index (χ1) is 15.8. The average Bonchev–Trinajstić information content (AvgIpc) is 3.30. The summed E-state index contributed by atoms with van der Waals surface area (Å²) in [7, 11) is 1.62. The molecule has 4 atom stereocenters. The first-order valence-corrected chi connectivity index (χ1v) is 13.0. The number of carbonyl (C=O) groups is 2. The highest BCUT2D eigenvalue weighted by atomic mass is 79.9. The van der Waals surface area contributed by atoms with E-state index < -0.39 is 0 Å². The summed E-state index contributed by atoms with van der Waals surface area (Å²) in [4.78, 5) is 26.9. The van der Waals surface area contributed by atoms with Gasteiger partial charge in [-0.25, -0.2) is 0 Å². The van der Waals surface area contributed by atoms with Gasteiger partial charge in [0.25, 0.3) is 0 Å². The number of halogens is 1. The Bertz CT molecular complexity index is 998. The predicted octanol–water partition coefficient (Wildman–Crippen LogP) is 5.86. The molecule has 5 nitrogen and oxygen atoms in total. The van der Waals surface area contributed by atoms with E-state index in [1.54, 1.807) is 13.1 Å². The Hall–Kier alpha value is -1.92. The fourth-order valence-corrected chi connectivity index (χ4v) is 6.32. The summed E-state index contributed by atoms with van der Waals surface area (Å²) in [5, 5.41) is 10.3. The zero-order valence-electron chi connectivity index (χ0n) is 19.8. The number of rotatable bonds is 8. The standard InChI is InChI=1S/C27H34BrNO4/c1-4-6-16(12-18-13-19(28)9-10-22(18)30)8-11-23-24-17(7-5-2)14-20-25(21(24)15-33-23)27(32)29(3)26(20)31/h9-10,12-13,20-21,23,25,30H,4-8,11,14-15H2,1-3H3/b16-12+/t20-,21+,23-,25-/m1/s1. The Balaban J connectivity index is 1.57. The van der Waals surface area contributed by atoms with Crippen LogP contribution in [0.25, 0.3) is 6.08 Å². The van der Waals surface area contributed by atoms with Crippen LogP contribution in [0, 0.1) is 17.8 Å². The Kier molecular flexibility index (Phi) is 7.44. The van der Waals surface area contributed by atoms with Crippen LogP contribution in [-0.4, -0.2) is 41.6 Å². The lowest BCUT2D eigenvalue weighted by molar-refractivity contribution is -0.138. The maximum absolute atomic E-state index is 12.9. The zero-order valence-corrected chi connectivity index (χ0v) is 21.4. The number of allylic oxidation sites excluding steroid dienone is 2. The van der Waals surface area contributed by atoms with Gasteiger partial charge in [-0.1, -0.05) is 59.8 Å². The molecule has 2 saturated heterocycles. The number of imide groups is 1. The normalized spacial score (nSPS) is 27.4. The molecule has 3 aliphatic rings. The van der Waals surface area contributed by atoms with E-state index in [9.17, 15) is 14.7 Å². The number of ether oxygens (including phenoxy) is 1. The van der Waals surface area contributed by atoms with Crippen LogP contribution < -0.4 is 0 Å². The SMILES string of the molecule is CCCC1=C2[C@@H](CC/C(=C/c3cc(Br)ccc3O)CCC)OC[C@@H]2[C@@H]2C(=O)N(C)C(=O)[C@@H]2C1. The van der Waals surface area contributed by atoms with Crippen molar-refractivity contribution >= 4 is 33.8 Å². The van der Waals surface area contributed by atoms with Gasteiger partial charge >= 0.3 is 0 Å². The smallest absolute Gasteiger partial charge is 0.233 e. The first-order valence-electron chi connectivity index (χ1n) is 12.2. The molecule has 4 rings (SSSR count). The summed E-state index contributed by atoms with van der Waals surface area (Å²) >= 11 is 3.49. The second-order valence-corrected chi connectivity index (χ2v) is 10.5. The number of aromatic hydroxyl groups is 1. The number of phenols is 1. The molecule has 2 fully saturated rings. The summed E-state index contributed by atoms with van der Waals surface area (Å²) in [5.74, 6) is -0.220. The molecule has 0 radical (unpaired) electrons. The topological polar surface area (TPSA) is 66.8 Å². The van der Waals surface area contributed by atoms with Gasteiger partial charge in [0.15, 0.2) is 0 Å². The van der Waals surface area contributed by atoms with E-state index in [-0.39, 0.29) is 41.4 Å². The predicted molar refractivity (Wildman–Crippen MR) is 132 cm³/mol. The largest absolute Gasteiger partial charge is 0.507 e. The number of nitrogens with zero attached hydrogens (tertiary/aromatic N) is 1. The van der Waals surface area contributed by atoms with Crippen LogP contribution in [0.5, 0.6) is 5.75 Å². The molecular weight excluding hydrogens is 482 g/mol. The molecule has 6 heteroatoms. The lowest BCUT2D eigenvalue weighted by Crippen LogP contribution is -2.34. The van der Waals surface area contributed by atoms with Crippen molar-refractivity contribution in [3.8, 4) is 5.75 Å². The van der Waals surface area contributed by atoms with Crippen molar-refractivity contribution in [2.45, 2.75) is 64.9 Å². The van der Waals surface area contributed by atoms with Crippen LogP contribution in [0.1, 0.15) is 64.4 Å². The molecule has 0 bridgehead atoms. The molecule has 0 spiro atoms. The summed E-state index contributed by atoms with van der Waals surface area (Å²) in [6.07, 6.45) is 8.51. The maximum atomic E-state index is 12.9. The summed E-state index contributed by atoms with van der Waals surface area (Å²) in [6, 6.07) is 5.49. The van der Waals surface area contributed by atoms with E-state index in [2.05, 4.69) is 35.9 Å². The van der Waals surface area contributed by atoms with E-state index in [1.807, 2.05) is 12.1 Å². The van der Waals surface area contributed by atoms with Gasteiger partial charge in [0.05, 0.1) is 24.5 Å². The molecular formula is C27H34BrNO4. The van der Waals surface area contributed by atoms with Crippen LogP contribution in [0.4, 0.5) is 0 Å². The van der Waals surface area contributed by atoms with Gasteiger partial charge in [0, 0.05) is 23.0 Å². The minimum Gasteiger partial charge on any atom is -0.507 e. The second kappa shape index (κ2) is 10.1. The summed E-state index contributed by atoms with van der Waals surface area (Å²) in [6.45, 7) is 4.86. The van der Waals surface area contributed by atoms with E-state index in [0.717, 1.165) is 48.6 Å². The van der Waals surface area contributed by atoms with E-state index >= 15 is 0 Å². The quantitative estimate of drug-likeness (QED) is 0.347. The number of likely N-dealkylation sites (tertiary alicyclic amines) is 1. The average molecular weight is 516 g/mol. The Morgan fingerprint density at radius 2 is 1.97 bits per heavy atom. The van der Waals surface area contributed by atoms with Crippen LogP contribution in [0.2, 0.25) is 0 Å². The Labute approximate surface area is 205 Å². The van der Waals surface area contributed by atoms with Gasteiger partial charge in [-0.3, -0.25) is 14.5 Å². The maximum Gasteiger partial charge on any atom is 0.233 e. The fourth-order valence-electron chi connectivity index (χ4n) is 5.94. The molecule has 1 N–H and O–H groups in total. The molecule has 2 amide bonds. The first kappa shape index (κ1) is 24.2. The molecule has 1 aromatic carbocycles. The highest BCUT2D eigenvalue weighted by Crippen LogP contribution is 2.50. The van der Waals surface area contributed by atoms with Crippen LogP contribution in [-0.2, 0) is 14.3 Å². The number of hydrogen-bond acceptors (Lipinski definition) is 4. The van der Waals surface area contributed by atoms with Crippen molar-refractivity contribution in [3.05, 3.63) is 45.0 Å². The van der Waals surface area contributed by atoms with Gasteiger partial charge < -0.3 is 9.84 Å². The number of fused-ring (bicyclic) bond motifs is 3. The van der Waals surface area contributed by atoms with E-state index in [4.69, 9.17) is 4.74 Å². The van der Waals surface area contributed by atoms with Gasteiger partial charge in [-0.2, -0.15) is 0 Å². The monoisotopic (exact) mass is 515 g/mol. The van der Waals surface area contributed by atoms with Gasteiger partial charge in [-0.15, -0.1) is 0 Å². The molecule has 178 valence electrons. The van der Waals surface area contributed by atoms with Crippen LogP contribution in [0.15, 0.2) is 39.4 Å². The van der Waals surface area contributed by atoms with Crippen molar-refractivity contribution in [2.24, 2.45) is 17.8 Å². The number of benzene rings is 1. The highest BCUT2D eigenvalue weighted by Gasteiger charge is 2.55. The number of amides is 2. The van der Waals surface area contributed by atoms with Gasteiger partial charge in [0.1, 0.15) is 5.75 Å². The van der Waals surface area contributed by atoms with Gasteiger partial charge in [0.2, 0.25) is 11.8 Å².